The molecule has 2 nitrogen and oxygen atoms in total. The van der Waals surface area contributed by atoms with Gasteiger partial charge in [-0.3, -0.25) is 4.79 Å². The fourth-order valence-electron chi connectivity index (χ4n) is 4.07. The van der Waals surface area contributed by atoms with Crippen molar-refractivity contribution in [1.29, 1.82) is 0 Å². The van der Waals surface area contributed by atoms with Gasteiger partial charge >= 0.3 is 0 Å². The minimum Gasteiger partial charge on any atom is -0.492 e. The van der Waals surface area contributed by atoms with E-state index in [1.54, 1.807) is 0 Å². The Labute approximate surface area is 205 Å². The van der Waals surface area contributed by atoms with E-state index in [9.17, 15) is 4.79 Å². The van der Waals surface area contributed by atoms with Gasteiger partial charge in [-0.25, -0.2) is 6.08 Å². The van der Waals surface area contributed by atoms with Crippen LogP contribution in [0.15, 0.2) is 115 Å². The predicted octanol–water partition coefficient (Wildman–Crippen LogP) is 8.25. The zero-order chi connectivity index (χ0) is 24.0. The van der Waals surface area contributed by atoms with Crippen molar-refractivity contribution >= 4 is 35.0 Å². The number of aliphatic carboxylic acids is 1. The van der Waals surface area contributed by atoms with Crippen LogP contribution in [0.3, 0.4) is 0 Å². The first-order valence-electron chi connectivity index (χ1n) is 11.4. The Morgan fingerprint density at radius 3 is 1.72 bits per heavy atom. The molecule has 0 saturated heterocycles. The van der Waals surface area contributed by atoms with Crippen LogP contribution in [0, 0.1) is 6.08 Å². The van der Waals surface area contributed by atoms with Gasteiger partial charge in [0.2, 0.25) is 5.97 Å². The number of carbonyl (C=O) groups is 1. The zero-order valence-corrected chi connectivity index (χ0v) is 22.4. The SMILES string of the molecule is O=C(O)[C-]=Cc1ccc(-c2ccc(/C=C/c3ccc4cc(-c5ccccc5)ccc4c3)cc2)cc1.[Cm]. The molecule has 3 heteroatoms. The van der Waals surface area contributed by atoms with Crippen molar-refractivity contribution in [3.8, 4) is 22.3 Å². The topological polar surface area (TPSA) is 37.3 Å². The molecule has 0 aliphatic carbocycles. The molecule has 36 heavy (non-hydrogen) atoms. The van der Waals surface area contributed by atoms with Crippen molar-refractivity contribution < 1.29 is 9.90 Å². The maximum Gasteiger partial charge on any atom is 0.235 e. The van der Waals surface area contributed by atoms with Crippen LogP contribution in [-0.4, -0.2) is 11.1 Å². The number of fused-ring (bicyclic) bond motifs is 1. The summed E-state index contributed by atoms with van der Waals surface area (Å²) in [7, 11) is 0. The summed E-state index contributed by atoms with van der Waals surface area (Å²) in [5.41, 5.74) is 7.75. The molecule has 0 radical (unpaired) electrons. The maximum atomic E-state index is 10.6. The number of benzene rings is 5. The van der Waals surface area contributed by atoms with E-state index in [-0.39, 0.29) is 0 Å². The third kappa shape index (κ3) is 5.44. The predicted molar refractivity (Wildman–Crippen MR) is 146 cm³/mol. The first-order valence-corrected chi connectivity index (χ1v) is 11.4. The van der Waals surface area contributed by atoms with E-state index >= 15 is 0 Å². The molecule has 0 aliphatic heterocycles. The smallest absolute Gasteiger partial charge is 0.235 e. The number of rotatable bonds is 6. The van der Waals surface area contributed by atoms with E-state index in [1.165, 1.54) is 28.0 Å². The second kappa shape index (κ2) is 10.5. The molecule has 0 unspecified atom stereocenters. The molecule has 0 saturated carbocycles. The third-order valence-corrected chi connectivity index (χ3v) is 5.96. The van der Waals surface area contributed by atoms with Gasteiger partial charge in [0.25, 0.3) is 0 Å². The molecule has 1 N–H and O–H groups in total. The summed E-state index contributed by atoms with van der Waals surface area (Å²) in [5, 5.41) is 11.2. The number of carboxylic acid groups (broad SMARTS) is 1. The molecule has 0 atom stereocenters. The fraction of sp³-hybridized carbons (Fsp3) is 0. The summed E-state index contributed by atoms with van der Waals surface area (Å²) in [6.45, 7) is 0. The van der Waals surface area contributed by atoms with Crippen LogP contribution in [-0.2, 0) is 4.79 Å². The van der Waals surface area contributed by atoms with Gasteiger partial charge in [-0.1, -0.05) is 103 Å². The van der Waals surface area contributed by atoms with Gasteiger partial charge < -0.3 is 5.11 Å². The third-order valence-electron chi connectivity index (χ3n) is 5.96. The Bertz CT molecular complexity index is 1530. The minimum absolute atomic E-state index is 0. The van der Waals surface area contributed by atoms with E-state index in [1.807, 2.05) is 30.3 Å². The van der Waals surface area contributed by atoms with Gasteiger partial charge in [0.05, 0.1) is 0 Å². The number of carboxylic acids is 1. The van der Waals surface area contributed by atoms with Crippen LogP contribution in [0.4, 0.5) is 0 Å². The Morgan fingerprint density at radius 1 is 0.556 bits per heavy atom. The molecule has 5 rings (SSSR count). The number of hydrogen-bond acceptors (Lipinski definition) is 1. The Hall–Kier alpha value is -5.69. The molecule has 0 aromatic heterocycles. The Kier molecular flexibility index (Phi) is 6.84. The van der Waals surface area contributed by atoms with Gasteiger partial charge in [0.15, 0.2) is 0 Å². The quantitative estimate of drug-likeness (QED) is 0.110. The average molecular weight is 699 g/mol. The second-order valence-corrected chi connectivity index (χ2v) is 8.36. The molecule has 0 spiro atoms. The molecule has 5 aromatic carbocycles. The van der Waals surface area contributed by atoms with Gasteiger partial charge in [-0.15, -0.1) is 12.1 Å². The van der Waals surface area contributed by atoms with Crippen molar-refractivity contribution in [1.82, 2.24) is 0 Å². The monoisotopic (exact) mass is 694 g/mol. The summed E-state index contributed by atoms with van der Waals surface area (Å²) >= 11 is 0. The zero-order valence-electron chi connectivity index (χ0n) is 19.4. The molecule has 0 aliphatic rings. The first-order chi connectivity index (χ1) is 17.1. The second-order valence-electron chi connectivity index (χ2n) is 8.36. The van der Waals surface area contributed by atoms with Crippen LogP contribution in [0.1, 0.15) is 16.7 Å². The van der Waals surface area contributed by atoms with Gasteiger partial charge in [-0.05, 0) is 56.3 Å². The molecule has 0 bridgehead atoms. The average Bonchev–Trinajstić information content (AvgIpc) is 2.91. The van der Waals surface area contributed by atoms with E-state index in [0.717, 1.165) is 27.8 Å². The molecular weight excluding hydrogens is 675 g/mol. The van der Waals surface area contributed by atoms with E-state index in [0.29, 0.717) is 0 Å². The first kappa shape index (κ1) is 23.5. The summed E-state index contributed by atoms with van der Waals surface area (Å²) < 4.78 is 0. The summed E-state index contributed by atoms with van der Waals surface area (Å²) in [6, 6.07) is 39.7. The van der Waals surface area contributed by atoms with E-state index in [2.05, 4.69) is 103 Å². The molecule has 0 amide bonds. The molecular formula is C33H23CmO2-. The van der Waals surface area contributed by atoms with Crippen LogP contribution < -0.4 is 0 Å². The van der Waals surface area contributed by atoms with Crippen molar-refractivity contribution in [2.24, 2.45) is 0 Å². The van der Waals surface area contributed by atoms with Crippen molar-refractivity contribution in [2.45, 2.75) is 0 Å². The Balaban J connectivity index is 0.00000304. The Morgan fingerprint density at radius 2 is 1.06 bits per heavy atom. The summed E-state index contributed by atoms with van der Waals surface area (Å²) in [6.07, 6.45) is 7.99. The molecule has 176 valence electrons. The van der Waals surface area contributed by atoms with Gasteiger partial charge in [0.1, 0.15) is 0 Å². The summed E-state index contributed by atoms with van der Waals surface area (Å²) in [5.74, 6) is -1.07. The van der Waals surface area contributed by atoms with E-state index in [4.69, 9.17) is 5.11 Å². The van der Waals surface area contributed by atoms with Crippen LogP contribution >= 0.6 is 0 Å². The van der Waals surface area contributed by atoms with Crippen LogP contribution in [0.25, 0.3) is 51.3 Å². The fourth-order valence-corrected chi connectivity index (χ4v) is 4.07. The van der Waals surface area contributed by atoms with Crippen molar-refractivity contribution in [3.63, 3.8) is 0 Å². The van der Waals surface area contributed by atoms with Crippen LogP contribution in [0.2, 0.25) is 0 Å². The van der Waals surface area contributed by atoms with Gasteiger partial charge in [-0.2, -0.15) is 11.6 Å². The van der Waals surface area contributed by atoms with Gasteiger partial charge in [0, 0.05) is 0 Å². The number of hydrogen-bond donors (Lipinski definition) is 1. The molecule has 0 fully saturated rings. The standard InChI is InChI=1S/C33H23O2.Cm/c34-33(35)21-13-25-10-16-29(17-11-25)28-14-8-24(9-15-28)6-7-26-12-18-32-23-31(20-19-30(32)22-26)27-4-2-1-3-5-27;/h1-20,22-23H,(H,34,35);/q-1;/b7-6+;. The maximum absolute atomic E-state index is 10.6. The summed E-state index contributed by atoms with van der Waals surface area (Å²) in [4.78, 5) is 10.6. The largest absolute Gasteiger partial charge is 0.492 e. The van der Waals surface area contributed by atoms with E-state index < -0.39 is 5.97 Å². The molecule has 0 heterocycles. The normalized spacial score (nSPS) is 11.1. The van der Waals surface area contributed by atoms with Crippen LogP contribution in [0.5, 0.6) is 0 Å². The van der Waals surface area contributed by atoms with Crippen molar-refractivity contribution in [3.05, 3.63) is 138 Å². The minimum atomic E-state index is -1.07. The molecule has 5 aromatic rings. The van der Waals surface area contributed by atoms with Crippen molar-refractivity contribution in [2.75, 3.05) is 0 Å².